The third-order valence-electron chi connectivity index (χ3n) is 3.72. The SMILES string of the molecule is CCCCNC(=O)c1c(O)n(-c2ccc(C)cc2C)c(=O)[nH]c1=O. The van der Waals surface area contributed by atoms with Crippen LogP contribution in [0.3, 0.4) is 0 Å². The van der Waals surface area contributed by atoms with Crippen LogP contribution in [-0.2, 0) is 0 Å². The Morgan fingerprint density at radius 3 is 2.62 bits per heavy atom. The Hall–Kier alpha value is -2.83. The van der Waals surface area contributed by atoms with Crippen molar-refractivity contribution in [3.8, 4) is 11.6 Å². The van der Waals surface area contributed by atoms with E-state index in [9.17, 15) is 19.5 Å². The Bertz CT molecular complexity index is 880. The second kappa shape index (κ2) is 7.16. The second-order valence-corrected chi connectivity index (χ2v) is 5.69. The summed E-state index contributed by atoms with van der Waals surface area (Å²) in [4.78, 5) is 38.4. The molecular formula is C17H21N3O4. The van der Waals surface area contributed by atoms with Crippen LogP contribution < -0.4 is 16.6 Å². The summed E-state index contributed by atoms with van der Waals surface area (Å²) in [6, 6.07) is 5.27. The molecule has 1 aromatic heterocycles. The number of nitrogens with zero attached hydrogens (tertiary/aromatic N) is 1. The summed E-state index contributed by atoms with van der Waals surface area (Å²) in [7, 11) is 0. The molecule has 1 heterocycles. The maximum absolute atomic E-state index is 12.2. The first-order valence-corrected chi connectivity index (χ1v) is 7.81. The first-order valence-electron chi connectivity index (χ1n) is 7.81. The fourth-order valence-electron chi connectivity index (χ4n) is 2.48. The van der Waals surface area contributed by atoms with Crippen molar-refractivity contribution in [2.45, 2.75) is 33.6 Å². The number of nitrogens with one attached hydrogen (secondary N) is 2. The minimum atomic E-state index is -0.910. The van der Waals surface area contributed by atoms with E-state index in [0.29, 0.717) is 12.2 Å². The molecular weight excluding hydrogens is 310 g/mol. The van der Waals surface area contributed by atoms with Gasteiger partial charge in [0.15, 0.2) is 5.56 Å². The van der Waals surface area contributed by atoms with Gasteiger partial charge in [-0.25, -0.2) is 9.36 Å². The highest BCUT2D eigenvalue weighted by Gasteiger charge is 2.22. The molecule has 24 heavy (non-hydrogen) atoms. The summed E-state index contributed by atoms with van der Waals surface area (Å²) in [6.07, 6.45) is 1.63. The van der Waals surface area contributed by atoms with Crippen molar-refractivity contribution < 1.29 is 9.90 Å². The normalized spacial score (nSPS) is 10.6. The van der Waals surface area contributed by atoms with Crippen LogP contribution in [0.5, 0.6) is 5.88 Å². The van der Waals surface area contributed by atoms with Gasteiger partial charge < -0.3 is 10.4 Å². The lowest BCUT2D eigenvalue weighted by Gasteiger charge is -2.14. The van der Waals surface area contributed by atoms with Crippen LogP contribution in [0.1, 0.15) is 41.3 Å². The van der Waals surface area contributed by atoms with Crippen LogP contribution in [0.4, 0.5) is 0 Å². The number of unbranched alkanes of at least 4 members (excludes halogenated alkanes) is 1. The Kier molecular flexibility index (Phi) is 5.23. The molecule has 0 bridgehead atoms. The molecule has 1 amide bonds. The van der Waals surface area contributed by atoms with Crippen molar-refractivity contribution in [1.82, 2.24) is 14.9 Å². The molecule has 0 saturated heterocycles. The molecule has 0 spiro atoms. The summed E-state index contributed by atoms with van der Waals surface area (Å²) in [6.45, 7) is 6.03. The monoisotopic (exact) mass is 331 g/mol. The van der Waals surface area contributed by atoms with Gasteiger partial charge in [0, 0.05) is 6.54 Å². The molecule has 0 atom stereocenters. The molecule has 1 aromatic carbocycles. The first kappa shape index (κ1) is 17.5. The minimum absolute atomic E-state index is 0.386. The number of carbonyl (C=O) groups is 1. The zero-order valence-corrected chi connectivity index (χ0v) is 14.0. The van der Waals surface area contributed by atoms with E-state index in [2.05, 4.69) is 10.3 Å². The van der Waals surface area contributed by atoms with Crippen molar-refractivity contribution in [2.75, 3.05) is 6.54 Å². The fraction of sp³-hybridized carbons (Fsp3) is 0.353. The molecule has 0 aliphatic carbocycles. The molecule has 0 aliphatic heterocycles. The van der Waals surface area contributed by atoms with Crippen molar-refractivity contribution in [2.24, 2.45) is 0 Å². The largest absolute Gasteiger partial charge is 0.493 e. The molecule has 7 heteroatoms. The third kappa shape index (κ3) is 3.40. The van der Waals surface area contributed by atoms with Gasteiger partial charge in [0.05, 0.1) is 5.69 Å². The van der Waals surface area contributed by atoms with Gasteiger partial charge in [-0.15, -0.1) is 0 Å². The number of aryl methyl sites for hydroxylation is 2. The zero-order valence-electron chi connectivity index (χ0n) is 14.0. The van der Waals surface area contributed by atoms with E-state index in [4.69, 9.17) is 0 Å². The lowest BCUT2D eigenvalue weighted by Crippen LogP contribution is -2.37. The predicted molar refractivity (Wildman–Crippen MR) is 91.0 cm³/mol. The number of aromatic amines is 1. The van der Waals surface area contributed by atoms with E-state index >= 15 is 0 Å². The van der Waals surface area contributed by atoms with Gasteiger partial charge >= 0.3 is 5.69 Å². The van der Waals surface area contributed by atoms with Gasteiger partial charge in [-0.2, -0.15) is 0 Å². The fourth-order valence-corrected chi connectivity index (χ4v) is 2.48. The smallest absolute Gasteiger partial charge is 0.335 e. The molecule has 7 nitrogen and oxygen atoms in total. The van der Waals surface area contributed by atoms with Crippen LogP contribution >= 0.6 is 0 Å². The van der Waals surface area contributed by atoms with Gasteiger partial charge in [-0.1, -0.05) is 31.0 Å². The van der Waals surface area contributed by atoms with Gasteiger partial charge in [-0.3, -0.25) is 14.6 Å². The summed E-state index contributed by atoms with van der Waals surface area (Å²) < 4.78 is 0.935. The van der Waals surface area contributed by atoms with E-state index in [0.717, 1.165) is 28.5 Å². The predicted octanol–water partition coefficient (Wildman–Crippen LogP) is 1.38. The minimum Gasteiger partial charge on any atom is -0.493 e. The number of amides is 1. The summed E-state index contributed by atoms with van der Waals surface area (Å²) in [5.41, 5.74) is -0.0442. The molecule has 2 rings (SSSR count). The van der Waals surface area contributed by atoms with Crippen molar-refractivity contribution in [3.05, 3.63) is 55.7 Å². The summed E-state index contributed by atoms with van der Waals surface area (Å²) in [5, 5.41) is 13.0. The number of hydrogen-bond donors (Lipinski definition) is 3. The van der Waals surface area contributed by atoms with Crippen LogP contribution in [0, 0.1) is 13.8 Å². The average Bonchev–Trinajstić information content (AvgIpc) is 2.49. The number of rotatable bonds is 5. The molecule has 0 fully saturated rings. The zero-order chi connectivity index (χ0) is 17.9. The molecule has 0 radical (unpaired) electrons. The highest BCUT2D eigenvalue weighted by atomic mass is 16.3. The lowest BCUT2D eigenvalue weighted by atomic mass is 10.1. The quantitative estimate of drug-likeness (QED) is 0.720. The third-order valence-corrected chi connectivity index (χ3v) is 3.72. The van der Waals surface area contributed by atoms with E-state index < -0.39 is 28.6 Å². The van der Waals surface area contributed by atoms with Gasteiger partial charge in [0.1, 0.15) is 0 Å². The number of benzene rings is 1. The van der Waals surface area contributed by atoms with Gasteiger partial charge in [0.25, 0.3) is 11.5 Å². The number of hydrogen-bond acceptors (Lipinski definition) is 4. The van der Waals surface area contributed by atoms with Gasteiger partial charge in [-0.05, 0) is 31.9 Å². The lowest BCUT2D eigenvalue weighted by molar-refractivity contribution is 0.0947. The van der Waals surface area contributed by atoms with E-state index in [1.165, 1.54) is 0 Å². The number of aromatic nitrogens is 2. The molecule has 3 N–H and O–H groups in total. The average molecular weight is 331 g/mol. The Morgan fingerprint density at radius 1 is 1.29 bits per heavy atom. The van der Waals surface area contributed by atoms with Crippen LogP contribution in [-0.4, -0.2) is 27.1 Å². The maximum atomic E-state index is 12.2. The second-order valence-electron chi connectivity index (χ2n) is 5.69. The number of H-pyrrole nitrogens is 1. The standard InChI is InChI=1S/C17H21N3O4/c1-4-5-8-18-14(21)13-15(22)19-17(24)20(16(13)23)12-7-6-10(2)9-11(12)3/h6-7,9,23H,4-5,8H2,1-3H3,(H,18,21)(H,19,22,24). The van der Waals surface area contributed by atoms with Crippen molar-refractivity contribution in [1.29, 1.82) is 0 Å². The Balaban J connectivity index is 2.58. The van der Waals surface area contributed by atoms with Gasteiger partial charge in [0.2, 0.25) is 5.88 Å². The van der Waals surface area contributed by atoms with E-state index in [1.54, 1.807) is 19.1 Å². The van der Waals surface area contributed by atoms with E-state index in [1.807, 2.05) is 19.9 Å². The maximum Gasteiger partial charge on any atom is 0.335 e. The van der Waals surface area contributed by atoms with Crippen molar-refractivity contribution >= 4 is 5.91 Å². The van der Waals surface area contributed by atoms with Crippen LogP contribution in [0.2, 0.25) is 0 Å². The summed E-state index contributed by atoms with van der Waals surface area (Å²) in [5.74, 6) is -1.37. The first-order chi connectivity index (χ1) is 11.4. The molecule has 128 valence electrons. The Morgan fingerprint density at radius 2 is 2.00 bits per heavy atom. The molecule has 0 aliphatic rings. The topological polar surface area (TPSA) is 104 Å². The molecule has 0 unspecified atom stereocenters. The number of aromatic hydroxyl groups is 1. The summed E-state index contributed by atoms with van der Waals surface area (Å²) >= 11 is 0. The van der Waals surface area contributed by atoms with E-state index in [-0.39, 0.29) is 0 Å². The molecule has 2 aromatic rings. The van der Waals surface area contributed by atoms with Crippen LogP contribution in [0.25, 0.3) is 5.69 Å². The molecule has 0 saturated carbocycles. The Labute approximate surface area is 139 Å². The highest BCUT2D eigenvalue weighted by Crippen LogP contribution is 2.20. The highest BCUT2D eigenvalue weighted by molar-refractivity contribution is 5.96. The van der Waals surface area contributed by atoms with Crippen LogP contribution in [0.15, 0.2) is 27.8 Å². The van der Waals surface area contributed by atoms with Crippen molar-refractivity contribution in [3.63, 3.8) is 0 Å². The number of carbonyl (C=O) groups excluding carboxylic acids is 1.